The summed E-state index contributed by atoms with van der Waals surface area (Å²) >= 11 is 4.04. The number of rotatable bonds is 4. The highest BCUT2D eigenvalue weighted by molar-refractivity contribution is 8.06. The van der Waals surface area contributed by atoms with Crippen LogP contribution in [0.1, 0.15) is 19.3 Å². The second-order valence-electron chi connectivity index (χ2n) is 5.31. The normalized spacial score (nSPS) is 23.0. The lowest BCUT2D eigenvalue weighted by molar-refractivity contribution is 0.568. The number of thioether (sulfide) groups is 2. The third-order valence-electron chi connectivity index (χ3n) is 3.65. The summed E-state index contributed by atoms with van der Waals surface area (Å²) in [5.41, 5.74) is 5.84. The first kappa shape index (κ1) is 15.0. The van der Waals surface area contributed by atoms with Crippen molar-refractivity contribution >= 4 is 41.4 Å². The molecule has 6 nitrogen and oxygen atoms in total. The van der Waals surface area contributed by atoms with Crippen molar-refractivity contribution in [3.8, 4) is 0 Å². The van der Waals surface area contributed by atoms with Crippen LogP contribution in [-0.2, 0) is 0 Å². The Bertz CT molecular complexity index is 460. The molecule has 21 heavy (non-hydrogen) atoms. The first-order valence-electron chi connectivity index (χ1n) is 7.51. The van der Waals surface area contributed by atoms with Crippen LogP contribution in [-0.4, -0.2) is 57.1 Å². The fraction of sp³-hybridized carbons (Fsp3) is 0.769. The quantitative estimate of drug-likeness (QED) is 0.865. The van der Waals surface area contributed by atoms with E-state index < -0.39 is 0 Å². The number of hydrogen-bond donors (Lipinski definition) is 2. The summed E-state index contributed by atoms with van der Waals surface area (Å²) in [7, 11) is 0. The SMILES string of the molecule is Nc1nc(NCC2CSCCS2)nc(N2CCCCC2)n1. The Balaban J connectivity index is 1.62. The van der Waals surface area contributed by atoms with Crippen LogP contribution in [0.5, 0.6) is 0 Å². The van der Waals surface area contributed by atoms with Gasteiger partial charge < -0.3 is 16.0 Å². The molecule has 1 aromatic heterocycles. The van der Waals surface area contributed by atoms with E-state index in [-0.39, 0.29) is 0 Å². The Morgan fingerprint density at radius 3 is 2.76 bits per heavy atom. The van der Waals surface area contributed by atoms with Gasteiger partial charge in [-0.05, 0) is 19.3 Å². The number of nitrogens with two attached hydrogens (primary N) is 1. The average Bonchev–Trinajstić information content (AvgIpc) is 2.54. The predicted octanol–water partition coefficient (Wildman–Crippen LogP) is 1.70. The van der Waals surface area contributed by atoms with E-state index in [9.17, 15) is 0 Å². The second kappa shape index (κ2) is 7.40. The Hall–Kier alpha value is -0.890. The number of piperidine rings is 1. The predicted molar refractivity (Wildman–Crippen MR) is 92.4 cm³/mol. The minimum absolute atomic E-state index is 0.304. The largest absolute Gasteiger partial charge is 0.368 e. The number of hydrogen-bond acceptors (Lipinski definition) is 8. The van der Waals surface area contributed by atoms with Gasteiger partial charge in [-0.15, -0.1) is 0 Å². The molecule has 0 saturated carbocycles. The van der Waals surface area contributed by atoms with E-state index in [0.717, 1.165) is 25.6 Å². The third-order valence-corrected chi connectivity index (χ3v) is 6.50. The molecular formula is C13H22N6S2. The van der Waals surface area contributed by atoms with Crippen LogP contribution in [0, 0.1) is 0 Å². The summed E-state index contributed by atoms with van der Waals surface area (Å²) in [6, 6.07) is 0. The smallest absolute Gasteiger partial charge is 0.231 e. The van der Waals surface area contributed by atoms with Gasteiger partial charge >= 0.3 is 0 Å². The molecule has 2 aliphatic rings. The van der Waals surface area contributed by atoms with Gasteiger partial charge in [0.15, 0.2) is 0 Å². The Morgan fingerprint density at radius 2 is 2.00 bits per heavy atom. The van der Waals surface area contributed by atoms with Gasteiger partial charge in [0, 0.05) is 42.1 Å². The van der Waals surface area contributed by atoms with Crippen molar-refractivity contribution in [3.05, 3.63) is 0 Å². The maximum atomic E-state index is 5.84. The van der Waals surface area contributed by atoms with Crippen LogP contribution in [0.15, 0.2) is 0 Å². The lowest BCUT2D eigenvalue weighted by Gasteiger charge is -2.27. The molecule has 1 unspecified atom stereocenters. The minimum Gasteiger partial charge on any atom is -0.368 e. The standard InChI is InChI=1S/C13H22N6S2/c14-11-16-12(15-8-10-9-20-6-7-21-10)18-13(17-11)19-4-2-1-3-5-19/h10H,1-9H2,(H3,14,15,16,17,18). The maximum absolute atomic E-state index is 5.84. The average molecular weight is 326 g/mol. The highest BCUT2D eigenvalue weighted by Crippen LogP contribution is 2.24. The molecule has 3 heterocycles. The molecular weight excluding hydrogens is 304 g/mol. The number of nitrogens with one attached hydrogen (secondary N) is 1. The summed E-state index contributed by atoms with van der Waals surface area (Å²) in [5, 5.41) is 3.96. The van der Waals surface area contributed by atoms with Crippen LogP contribution < -0.4 is 16.0 Å². The van der Waals surface area contributed by atoms with Crippen LogP contribution in [0.25, 0.3) is 0 Å². The molecule has 0 radical (unpaired) electrons. The molecule has 2 saturated heterocycles. The van der Waals surface area contributed by atoms with E-state index in [4.69, 9.17) is 5.73 Å². The van der Waals surface area contributed by atoms with Crippen molar-refractivity contribution in [2.45, 2.75) is 24.5 Å². The molecule has 1 atom stereocenters. The van der Waals surface area contributed by atoms with Crippen LogP contribution in [0.2, 0.25) is 0 Å². The van der Waals surface area contributed by atoms with Gasteiger partial charge in [-0.2, -0.15) is 38.5 Å². The summed E-state index contributed by atoms with van der Waals surface area (Å²) in [4.78, 5) is 15.2. The van der Waals surface area contributed by atoms with Crippen molar-refractivity contribution in [2.75, 3.05) is 52.8 Å². The molecule has 0 bridgehead atoms. The molecule has 116 valence electrons. The molecule has 0 amide bonds. The van der Waals surface area contributed by atoms with Crippen molar-refractivity contribution in [3.63, 3.8) is 0 Å². The van der Waals surface area contributed by atoms with E-state index in [1.54, 1.807) is 0 Å². The summed E-state index contributed by atoms with van der Waals surface area (Å²) in [6.07, 6.45) is 3.69. The molecule has 0 aliphatic carbocycles. The van der Waals surface area contributed by atoms with E-state index in [1.165, 1.54) is 36.5 Å². The molecule has 3 N–H and O–H groups in total. The molecule has 2 aliphatic heterocycles. The zero-order valence-electron chi connectivity index (χ0n) is 12.1. The number of nitrogens with zero attached hydrogens (tertiary/aromatic N) is 4. The van der Waals surface area contributed by atoms with Gasteiger partial charge in [0.1, 0.15) is 0 Å². The highest BCUT2D eigenvalue weighted by Gasteiger charge is 2.17. The summed E-state index contributed by atoms with van der Waals surface area (Å²) < 4.78 is 0. The molecule has 8 heteroatoms. The van der Waals surface area contributed by atoms with E-state index in [2.05, 4.69) is 25.2 Å². The van der Waals surface area contributed by atoms with Crippen LogP contribution in [0.4, 0.5) is 17.8 Å². The van der Waals surface area contributed by atoms with Crippen LogP contribution in [0.3, 0.4) is 0 Å². The van der Waals surface area contributed by atoms with Crippen molar-refractivity contribution in [2.24, 2.45) is 0 Å². The van der Waals surface area contributed by atoms with E-state index in [1.807, 2.05) is 23.5 Å². The Kier molecular flexibility index (Phi) is 5.29. The van der Waals surface area contributed by atoms with Gasteiger partial charge in [0.05, 0.1) is 0 Å². The lowest BCUT2D eigenvalue weighted by atomic mass is 10.1. The van der Waals surface area contributed by atoms with Crippen molar-refractivity contribution < 1.29 is 0 Å². The zero-order valence-corrected chi connectivity index (χ0v) is 13.8. The molecule has 2 fully saturated rings. The van der Waals surface area contributed by atoms with Crippen LogP contribution >= 0.6 is 23.5 Å². The van der Waals surface area contributed by atoms with Gasteiger partial charge in [-0.1, -0.05) is 0 Å². The Labute approximate surface area is 134 Å². The highest BCUT2D eigenvalue weighted by atomic mass is 32.2. The number of aromatic nitrogens is 3. The van der Waals surface area contributed by atoms with Gasteiger partial charge in [-0.25, -0.2) is 0 Å². The molecule has 0 aromatic carbocycles. The van der Waals surface area contributed by atoms with Crippen molar-refractivity contribution in [1.29, 1.82) is 0 Å². The monoisotopic (exact) mass is 326 g/mol. The summed E-state index contributed by atoms with van der Waals surface area (Å²) in [5.74, 6) is 5.32. The second-order valence-corrected chi connectivity index (χ2v) is 7.87. The Morgan fingerprint density at radius 1 is 1.14 bits per heavy atom. The van der Waals surface area contributed by atoms with E-state index >= 15 is 0 Å². The minimum atomic E-state index is 0.304. The molecule has 3 rings (SSSR count). The first-order valence-corrected chi connectivity index (χ1v) is 9.71. The maximum Gasteiger partial charge on any atom is 0.231 e. The topological polar surface area (TPSA) is 80.0 Å². The van der Waals surface area contributed by atoms with Gasteiger partial charge in [-0.3, -0.25) is 0 Å². The molecule has 1 aromatic rings. The number of nitrogen functional groups attached to an aromatic ring is 1. The lowest BCUT2D eigenvalue weighted by Crippen LogP contribution is -2.32. The fourth-order valence-electron chi connectivity index (χ4n) is 2.55. The van der Waals surface area contributed by atoms with Gasteiger partial charge in [0.25, 0.3) is 0 Å². The zero-order chi connectivity index (χ0) is 14.5. The third kappa shape index (κ3) is 4.29. The van der Waals surface area contributed by atoms with E-state index in [0.29, 0.717) is 17.1 Å². The first-order chi connectivity index (χ1) is 10.3. The van der Waals surface area contributed by atoms with Crippen molar-refractivity contribution in [1.82, 2.24) is 15.0 Å². The number of anilines is 3. The fourth-order valence-corrected chi connectivity index (χ4v) is 5.17. The van der Waals surface area contributed by atoms with Gasteiger partial charge in [0.2, 0.25) is 17.8 Å². The molecule has 0 spiro atoms. The summed E-state index contributed by atoms with van der Waals surface area (Å²) in [6.45, 7) is 2.91.